The number of carbonyl (C=O) groups is 3. The molecule has 0 radical (unpaired) electrons. The number of methoxy groups -OCH3 is 1. The van der Waals surface area contributed by atoms with Gasteiger partial charge in [-0.2, -0.15) is 0 Å². The molecule has 1 heterocycles. The van der Waals surface area contributed by atoms with E-state index in [1.807, 2.05) is 32.0 Å². The van der Waals surface area contributed by atoms with Gasteiger partial charge in [-0.3, -0.25) is 14.5 Å². The van der Waals surface area contributed by atoms with Crippen molar-refractivity contribution in [1.82, 2.24) is 4.90 Å². The van der Waals surface area contributed by atoms with E-state index in [9.17, 15) is 14.4 Å². The summed E-state index contributed by atoms with van der Waals surface area (Å²) in [6.45, 7) is 4.17. The zero-order valence-corrected chi connectivity index (χ0v) is 22.0. The quantitative estimate of drug-likeness (QED) is 0.189. The molecule has 1 saturated heterocycles. The lowest BCUT2D eigenvalue weighted by Crippen LogP contribution is -2.32. The fourth-order valence-corrected chi connectivity index (χ4v) is 4.58. The summed E-state index contributed by atoms with van der Waals surface area (Å²) in [7, 11) is 1.45. The predicted octanol–water partition coefficient (Wildman–Crippen LogP) is 6.30. The molecule has 1 fully saturated rings. The van der Waals surface area contributed by atoms with Crippen LogP contribution >= 0.6 is 23.4 Å². The Morgan fingerprint density at radius 3 is 2.51 bits per heavy atom. The number of carbonyl (C=O) groups excluding carboxylic acids is 3. The van der Waals surface area contributed by atoms with E-state index < -0.39 is 17.1 Å². The van der Waals surface area contributed by atoms with Crippen LogP contribution in [0, 0.1) is 13.8 Å². The Morgan fingerprint density at radius 2 is 1.78 bits per heavy atom. The monoisotopic (exact) mass is 537 g/mol. The molecule has 37 heavy (non-hydrogen) atoms. The number of nitrogens with zero attached hydrogens (tertiary/aromatic N) is 1. The van der Waals surface area contributed by atoms with E-state index in [0.717, 1.165) is 27.8 Å². The molecule has 0 atom stereocenters. The molecule has 0 N–H and O–H groups in total. The van der Waals surface area contributed by atoms with Gasteiger partial charge in [0.2, 0.25) is 0 Å². The molecule has 2 amide bonds. The fourth-order valence-electron chi connectivity index (χ4n) is 3.60. The maximum Gasteiger partial charge on any atom is 0.343 e. The smallest absolute Gasteiger partial charge is 0.343 e. The van der Waals surface area contributed by atoms with Crippen LogP contribution in [0.3, 0.4) is 0 Å². The molecule has 0 spiro atoms. The number of halogens is 1. The molecule has 7 nitrogen and oxygen atoms in total. The third-order valence-corrected chi connectivity index (χ3v) is 6.74. The van der Waals surface area contributed by atoms with Crippen molar-refractivity contribution in [1.29, 1.82) is 0 Å². The number of rotatable bonds is 8. The molecule has 0 aromatic heterocycles. The minimum atomic E-state index is -0.618. The topological polar surface area (TPSA) is 82.1 Å². The number of esters is 1. The molecular weight excluding hydrogens is 514 g/mol. The first kappa shape index (κ1) is 26.3. The number of para-hydroxylation sites is 1. The lowest BCUT2D eigenvalue weighted by molar-refractivity contribution is -0.123. The van der Waals surface area contributed by atoms with Crippen LogP contribution in [0.1, 0.15) is 27.0 Å². The number of imide groups is 1. The zero-order chi connectivity index (χ0) is 26.5. The highest BCUT2D eigenvalue weighted by atomic mass is 35.5. The molecule has 190 valence electrons. The minimum absolute atomic E-state index is 0.103. The van der Waals surface area contributed by atoms with Crippen molar-refractivity contribution in [2.45, 2.75) is 13.8 Å². The van der Waals surface area contributed by atoms with Gasteiger partial charge in [-0.25, -0.2) is 4.79 Å². The van der Waals surface area contributed by atoms with E-state index >= 15 is 0 Å². The molecule has 0 bridgehead atoms. The van der Waals surface area contributed by atoms with Crippen LogP contribution in [0.4, 0.5) is 4.79 Å². The molecule has 0 aliphatic carbocycles. The van der Waals surface area contributed by atoms with Crippen LogP contribution in [0.25, 0.3) is 6.08 Å². The van der Waals surface area contributed by atoms with Crippen LogP contribution in [-0.2, 0) is 4.79 Å². The minimum Gasteiger partial charge on any atom is -0.493 e. The van der Waals surface area contributed by atoms with E-state index in [0.29, 0.717) is 27.6 Å². The third-order valence-electron chi connectivity index (χ3n) is 5.58. The summed E-state index contributed by atoms with van der Waals surface area (Å²) in [6, 6.07) is 17.1. The highest BCUT2D eigenvalue weighted by Crippen LogP contribution is 2.37. The predicted molar refractivity (Wildman–Crippen MR) is 143 cm³/mol. The molecule has 9 heteroatoms. The number of aryl methyl sites for hydroxylation is 2. The number of amides is 2. The average Bonchev–Trinajstić information content (AvgIpc) is 3.14. The van der Waals surface area contributed by atoms with Crippen molar-refractivity contribution in [3.63, 3.8) is 0 Å². The Bertz CT molecular complexity index is 1390. The van der Waals surface area contributed by atoms with Crippen molar-refractivity contribution >= 4 is 46.6 Å². The third kappa shape index (κ3) is 6.15. The first-order chi connectivity index (χ1) is 17.8. The van der Waals surface area contributed by atoms with Crippen molar-refractivity contribution in [2.24, 2.45) is 0 Å². The maximum absolute atomic E-state index is 13.0. The maximum atomic E-state index is 13.0. The molecule has 4 rings (SSSR count). The van der Waals surface area contributed by atoms with Crippen molar-refractivity contribution in [2.75, 3.05) is 20.3 Å². The number of benzene rings is 3. The van der Waals surface area contributed by atoms with E-state index in [-0.39, 0.29) is 23.8 Å². The van der Waals surface area contributed by atoms with E-state index in [1.54, 1.807) is 42.5 Å². The van der Waals surface area contributed by atoms with Crippen molar-refractivity contribution in [3.05, 3.63) is 92.8 Å². The summed E-state index contributed by atoms with van der Waals surface area (Å²) in [4.78, 5) is 39.7. The number of thioether (sulfide) groups is 1. The Hall–Kier alpha value is -3.75. The van der Waals surface area contributed by atoms with Crippen molar-refractivity contribution < 1.29 is 28.6 Å². The summed E-state index contributed by atoms with van der Waals surface area (Å²) >= 11 is 6.72. The lowest BCUT2D eigenvalue weighted by Gasteiger charge is -2.15. The van der Waals surface area contributed by atoms with Gasteiger partial charge in [0.1, 0.15) is 12.4 Å². The standard InChI is InChI=1S/C28H24ClNO6S/c1-17-7-8-18(2)23(15-17)35-14-13-30-26(31)24(37-28(30)33)16-20-5-4-6-22(34-3)25(20)36-27(32)19-9-11-21(29)12-10-19/h4-12,15-16H,13-14H2,1-3H3/b24-16-. The summed E-state index contributed by atoms with van der Waals surface area (Å²) in [5.74, 6) is 0.0862. The molecular formula is C28H24ClNO6S. The second-order valence-corrected chi connectivity index (χ2v) is 9.66. The van der Waals surface area contributed by atoms with E-state index in [2.05, 4.69) is 0 Å². The fraction of sp³-hybridized carbons (Fsp3) is 0.179. The Labute approximate surface area is 224 Å². The molecule has 1 aliphatic rings. The van der Waals surface area contributed by atoms with Gasteiger partial charge in [0, 0.05) is 10.6 Å². The average molecular weight is 538 g/mol. The summed E-state index contributed by atoms with van der Waals surface area (Å²) in [6.07, 6.45) is 1.52. The number of hydrogen-bond acceptors (Lipinski definition) is 7. The van der Waals surface area contributed by atoms with Gasteiger partial charge < -0.3 is 14.2 Å². The summed E-state index contributed by atoms with van der Waals surface area (Å²) in [5.41, 5.74) is 2.74. The van der Waals surface area contributed by atoms with Gasteiger partial charge in [-0.1, -0.05) is 35.9 Å². The second kappa shape index (κ2) is 11.5. The number of ether oxygens (including phenoxy) is 3. The second-order valence-electron chi connectivity index (χ2n) is 8.23. The molecule has 3 aromatic carbocycles. The molecule has 3 aromatic rings. The SMILES string of the molecule is COc1cccc(/C=C2\SC(=O)N(CCOc3cc(C)ccc3C)C2=O)c1OC(=O)c1ccc(Cl)cc1. The van der Waals surface area contributed by atoms with Gasteiger partial charge >= 0.3 is 5.97 Å². The van der Waals surface area contributed by atoms with Gasteiger partial charge in [-0.15, -0.1) is 0 Å². The summed E-state index contributed by atoms with van der Waals surface area (Å²) in [5, 5.41) is 0.0908. The Morgan fingerprint density at radius 1 is 1.03 bits per heavy atom. The van der Waals surface area contributed by atoms with E-state index in [1.165, 1.54) is 13.2 Å². The van der Waals surface area contributed by atoms with Gasteiger partial charge in [0.15, 0.2) is 11.5 Å². The normalized spacial score (nSPS) is 14.3. The van der Waals surface area contributed by atoms with Crippen LogP contribution in [0.5, 0.6) is 17.2 Å². The largest absolute Gasteiger partial charge is 0.493 e. The van der Waals surface area contributed by atoms with Gasteiger partial charge in [0.05, 0.1) is 24.1 Å². The highest BCUT2D eigenvalue weighted by Gasteiger charge is 2.35. The Balaban J connectivity index is 1.51. The number of hydrogen-bond donors (Lipinski definition) is 0. The lowest BCUT2D eigenvalue weighted by atomic mass is 10.1. The first-order valence-corrected chi connectivity index (χ1v) is 12.6. The first-order valence-electron chi connectivity index (χ1n) is 11.4. The highest BCUT2D eigenvalue weighted by molar-refractivity contribution is 8.18. The molecule has 0 saturated carbocycles. The molecule has 0 unspecified atom stereocenters. The molecule has 1 aliphatic heterocycles. The van der Waals surface area contributed by atoms with Crippen LogP contribution < -0.4 is 14.2 Å². The van der Waals surface area contributed by atoms with Gasteiger partial charge in [-0.05, 0) is 79.2 Å². The van der Waals surface area contributed by atoms with Gasteiger partial charge in [0.25, 0.3) is 11.1 Å². The van der Waals surface area contributed by atoms with Crippen LogP contribution in [-0.4, -0.2) is 42.3 Å². The van der Waals surface area contributed by atoms with Crippen LogP contribution in [0.2, 0.25) is 5.02 Å². The van der Waals surface area contributed by atoms with Crippen molar-refractivity contribution in [3.8, 4) is 17.2 Å². The summed E-state index contributed by atoms with van der Waals surface area (Å²) < 4.78 is 16.8. The van der Waals surface area contributed by atoms with Crippen LogP contribution in [0.15, 0.2) is 65.6 Å². The Kier molecular flexibility index (Phi) is 8.21. The van der Waals surface area contributed by atoms with E-state index in [4.69, 9.17) is 25.8 Å². The zero-order valence-electron chi connectivity index (χ0n) is 20.4.